The van der Waals surface area contributed by atoms with Crippen molar-refractivity contribution in [1.82, 2.24) is 14.1 Å². The Morgan fingerprint density at radius 1 is 1.05 bits per heavy atom. The molecular formula is C26H25N3O5S3. The molecule has 0 atom stereocenters. The fourth-order valence-corrected chi connectivity index (χ4v) is 5.87. The number of rotatable bonds is 10. The first-order chi connectivity index (χ1) is 17.8. The van der Waals surface area contributed by atoms with E-state index in [1.165, 1.54) is 15.9 Å². The van der Waals surface area contributed by atoms with Gasteiger partial charge in [0.25, 0.3) is 5.56 Å². The molecular weight excluding hydrogens is 531 g/mol. The summed E-state index contributed by atoms with van der Waals surface area (Å²) < 4.78 is 14.6. The van der Waals surface area contributed by atoms with Crippen LogP contribution in [0, 0.1) is 10.9 Å². The van der Waals surface area contributed by atoms with Crippen molar-refractivity contribution in [2.75, 3.05) is 19.0 Å². The Kier molecular flexibility index (Phi) is 8.57. The lowest BCUT2D eigenvalue weighted by Crippen LogP contribution is -2.22. The fourth-order valence-electron chi connectivity index (χ4n) is 3.71. The first-order valence-electron chi connectivity index (χ1n) is 11.6. The molecule has 2 aromatic carbocycles. The highest BCUT2D eigenvalue weighted by Crippen LogP contribution is 2.29. The molecule has 0 saturated heterocycles. The third kappa shape index (κ3) is 5.84. The second kappa shape index (κ2) is 11.8. The van der Waals surface area contributed by atoms with Gasteiger partial charge >= 0.3 is 5.97 Å². The van der Waals surface area contributed by atoms with Crippen molar-refractivity contribution in [2.45, 2.75) is 32.3 Å². The molecule has 37 heavy (non-hydrogen) atoms. The summed E-state index contributed by atoms with van der Waals surface area (Å²) in [6.07, 6.45) is -0.339. The maximum absolute atomic E-state index is 13.8. The van der Waals surface area contributed by atoms with E-state index in [-0.39, 0.29) is 30.1 Å². The van der Waals surface area contributed by atoms with E-state index >= 15 is 0 Å². The summed E-state index contributed by atoms with van der Waals surface area (Å²) in [6, 6.07) is 14.8. The van der Waals surface area contributed by atoms with Gasteiger partial charge in [0.05, 0.1) is 30.3 Å². The van der Waals surface area contributed by atoms with Crippen LogP contribution in [0.25, 0.3) is 21.7 Å². The molecule has 0 amide bonds. The minimum absolute atomic E-state index is 0.0526. The first-order valence-corrected chi connectivity index (χ1v) is 13.8. The van der Waals surface area contributed by atoms with Gasteiger partial charge in [-0.25, -0.2) is 4.98 Å². The Balaban J connectivity index is 1.85. The Hall–Kier alpha value is -3.28. The number of nitrogens with zero attached hydrogens (tertiary/aromatic N) is 3. The van der Waals surface area contributed by atoms with Gasteiger partial charge in [0, 0.05) is 0 Å². The first kappa shape index (κ1) is 26.8. The van der Waals surface area contributed by atoms with Crippen LogP contribution in [-0.2, 0) is 14.3 Å². The van der Waals surface area contributed by atoms with Crippen LogP contribution < -0.4 is 10.3 Å². The number of benzene rings is 2. The topological polar surface area (TPSA) is 92.4 Å². The number of aromatic nitrogens is 3. The van der Waals surface area contributed by atoms with Crippen LogP contribution in [0.3, 0.4) is 0 Å². The van der Waals surface area contributed by atoms with Gasteiger partial charge < -0.3 is 9.47 Å². The molecule has 0 unspecified atom stereocenters. The summed E-state index contributed by atoms with van der Waals surface area (Å²) in [5.74, 6) is -0.278. The van der Waals surface area contributed by atoms with Gasteiger partial charge in [0.2, 0.25) is 0 Å². The standard InChI is InChI=1S/C26H25N3O5S3/c1-4-33-19-12-10-17(11-13-19)28-24(32)22-23(27-25(28)36-15-18(30)14-21(31)34-5-2)29(26(35)37-22)20-9-7-6-8-16(20)3/h6-13H,4-5,14-15H2,1-3H3. The van der Waals surface area contributed by atoms with Crippen LogP contribution in [0.4, 0.5) is 0 Å². The van der Waals surface area contributed by atoms with Crippen molar-refractivity contribution < 1.29 is 19.1 Å². The molecule has 0 aliphatic rings. The summed E-state index contributed by atoms with van der Waals surface area (Å²) in [5.41, 5.74) is 2.52. The second-order valence-electron chi connectivity index (χ2n) is 7.91. The van der Waals surface area contributed by atoms with Gasteiger partial charge in [-0.1, -0.05) is 41.3 Å². The number of carbonyl (C=O) groups is 2. The predicted molar refractivity (Wildman–Crippen MR) is 148 cm³/mol. The summed E-state index contributed by atoms with van der Waals surface area (Å²) in [6.45, 7) is 6.27. The lowest BCUT2D eigenvalue weighted by molar-refractivity contribution is -0.145. The van der Waals surface area contributed by atoms with Gasteiger partial charge in [0.1, 0.15) is 16.9 Å². The van der Waals surface area contributed by atoms with Gasteiger partial charge in [-0.2, -0.15) is 0 Å². The Bertz CT molecular complexity index is 1570. The van der Waals surface area contributed by atoms with Crippen LogP contribution in [0.1, 0.15) is 25.8 Å². The molecule has 0 fully saturated rings. The third-order valence-electron chi connectivity index (χ3n) is 5.35. The Labute approximate surface area is 226 Å². The molecule has 0 radical (unpaired) electrons. The third-order valence-corrected chi connectivity index (χ3v) is 7.70. The summed E-state index contributed by atoms with van der Waals surface area (Å²) in [4.78, 5) is 42.9. The van der Waals surface area contributed by atoms with Crippen LogP contribution in [-0.4, -0.2) is 44.8 Å². The quantitative estimate of drug-likeness (QED) is 0.0857. The van der Waals surface area contributed by atoms with E-state index in [1.807, 2.05) is 38.1 Å². The van der Waals surface area contributed by atoms with Crippen molar-refractivity contribution in [3.8, 4) is 17.1 Å². The molecule has 11 heteroatoms. The molecule has 0 bridgehead atoms. The van der Waals surface area contributed by atoms with Crippen LogP contribution in [0.2, 0.25) is 0 Å². The zero-order chi connectivity index (χ0) is 26.5. The Morgan fingerprint density at radius 3 is 2.46 bits per heavy atom. The zero-order valence-corrected chi connectivity index (χ0v) is 23.0. The Morgan fingerprint density at radius 2 is 1.78 bits per heavy atom. The molecule has 4 rings (SSSR count). The summed E-state index contributed by atoms with van der Waals surface area (Å²) >= 11 is 7.93. The molecule has 4 aromatic rings. The lowest BCUT2D eigenvalue weighted by Gasteiger charge is -2.14. The number of ketones is 1. The number of carbonyl (C=O) groups excluding carboxylic acids is 2. The average molecular weight is 556 g/mol. The molecule has 0 saturated carbocycles. The summed E-state index contributed by atoms with van der Waals surface area (Å²) in [5, 5.41) is 0.314. The van der Waals surface area contributed by atoms with Crippen LogP contribution in [0.15, 0.2) is 58.5 Å². The molecule has 2 aromatic heterocycles. The lowest BCUT2D eigenvalue weighted by atomic mass is 10.2. The highest BCUT2D eigenvalue weighted by atomic mass is 32.2. The van der Waals surface area contributed by atoms with Gasteiger partial charge in [-0.15, -0.1) is 0 Å². The number of thioether (sulfide) groups is 1. The van der Waals surface area contributed by atoms with Crippen molar-refractivity contribution in [3.63, 3.8) is 0 Å². The number of esters is 1. The normalized spacial score (nSPS) is 11.0. The SMILES string of the molecule is CCOC(=O)CC(=O)CSc1nc2c(sc(=S)n2-c2ccccc2C)c(=O)n1-c1ccc(OCC)cc1. The van der Waals surface area contributed by atoms with E-state index in [4.69, 9.17) is 26.7 Å². The maximum atomic E-state index is 13.8. The van der Waals surface area contributed by atoms with E-state index in [2.05, 4.69) is 0 Å². The van der Waals surface area contributed by atoms with E-state index < -0.39 is 5.97 Å². The van der Waals surface area contributed by atoms with Crippen molar-refractivity contribution in [1.29, 1.82) is 0 Å². The number of para-hydroxylation sites is 1. The van der Waals surface area contributed by atoms with E-state index in [9.17, 15) is 14.4 Å². The van der Waals surface area contributed by atoms with Crippen molar-refractivity contribution >= 4 is 57.4 Å². The minimum atomic E-state index is -0.577. The molecule has 0 aliphatic heterocycles. The van der Waals surface area contributed by atoms with Crippen molar-refractivity contribution in [2.24, 2.45) is 0 Å². The predicted octanol–water partition coefficient (Wildman–Crippen LogP) is 5.29. The minimum Gasteiger partial charge on any atom is -0.494 e. The molecule has 192 valence electrons. The number of fused-ring (bicyclic) bond motifs is 1. The monoisotopic (exact) mass is 555 g/mol. The average Bonchev–Trinajstić information content (AvgIpc) is 3.20. The number of Topliss-reactive ketones (excluding diaryl/α,β-unsaturated/α-hetero) is 1. The van der Waals surface area contributed by atoms with E-state index in [0.717, 1.165) is 23.0 Å². The molecule has 2 heterocycles. The van der Waals surface area contributed by atoms with Gasteiger partial charge in [-0.3, -0.25) is 23.5 Å². The number of hydrogen-bond acceptors (Lipinski definition) is 9. The van der Waals surface area contributed by atoms with Crippen molar-refractivity contribution in [3.05, 3.63) is 68.4 Å². The van der Waals surface area contributed by atoms with Gasteiger partial charge in [-0.05, 0) is 68.9 Å². The molecule has 0 aliphatic carbocycles. The number of hydrogen-bond donors (Lipinski definition) is 0. The fraction of sp³-hybridized carbons (Fsp3) is 0.269. The highest BCUT2D eigenvalue weighted by molar-refractivity contribution is 7.99. The zero-order valence-electron chi connectivity index (χ0n) is 20.6. The molecule has 0 spiro atoms. The van der Waals surface area contributed by atoms with Gasteiger partial charge in [0.15, 0.2) is 20.5 Å². The smallest absolute Gasteiger partial charge is 0.313 e. The number of aryl methyl sites for hydroxylation is 1. The van der Waals surface area contributed by atoms with Crippen LogP contribution >= 0.6 is 35.3 Å². The van der Waals surface area contributed by atoms with Crippen LogP contribution in [0.5, 0.6) is 5.75 Å². The summed E-state index contributed by atoms with van der Waals surface area (Å²) in [7, 11) is 0. The highest BCUT2D eigenvalue weighted by Gasteiger charge is 2.21. The van der Waals surface area contributed by atoms with E-state index in [1.54, 1.807) is 35.8 Å². The molecule has 0 N–H and O–H groups in total. The number of thiazole rings is 1. The molecule has 8 nitrogen and oxygen atoms in total. The number of ether oxygens (including phenoxy) is 2. The van der Waals surface area contributed by atoms with E-state index in [0.29, 0.717) is 37.5 Å². The second-order valence-corrected chi connectivity index (χ2v) is 10.5. The largest absolute Gasteiger partial charge is 0.494 e. The maximum Gasteiger partial charge on any atom is 0.313 e.